The summed E-state index contributed by atoms with van der Waals surface area (Å²) in [6.07, 6.45) is 1.62. The smallest absolute Gasteiger partial charge is 0.426 e. The average Bonchev–Trinajstić information content (AvgIpc) is 2.04. The molecule has 0 aliphatic rings. The summed E-state index contributed by atoms with van der Waals surface area (Å²) < 4.78 is 0. The van der Waals surface area contributed by atoms with Gasteiger partial charge in [-0.3, -0.25) is 4.98 Å². The molecule has 5 nitrogen and oxygen atoms in total. The molecule has 1 rings (SSSR count). The van der Waals surface area contributed by atoms with Gasteiger partial charge in [-0.15, -0.1) is 12.6 Å². The molecule has 1 heterocycles. The van der Waals surface area contributed by atoms with E-state index in [-0.39, 0.29) is 0 Å². The Kier molecular flexibility index (Phi) is 2.51. The maximum Gasteiger partial charge on any atom is 0.426 e. The van der Waals surface area contributed by atoms with Crippen molar-refractivity contribution in [2.24, 2.45) is 5.84 Å². The highest BCUT2D eigenvalue weighted by Gasteiger charge is 2.11. The van der Waals surface area contributed by atoms with Crippen LogP contribution < -0.4 is 10.9 Å². The van der Waals surface area contributed by atoms with E-state index in [9.17, 15) is 4.79 Å². The van der Waals surface area contributed by atoms with Crippen LogP contribution in [0.2, 0.25) is 0 Å². The zero-order valence-corrected chi connectivity index (χ0v) is 6.90. The van der Waals surface area contributed by atoms with Crippen molar-refractivity contribution in [2.45, 2.75) is 4.90 Å². The Morgan fingerprint density at radius 2 is 2.42 bits per heavy atom. The molecule has 0 radical (unpaired) electrons. The number of nitrogens with zero attached hydrogens (tertiary/aromatic N) is 2. The Morgan fingerprint density at radius 3 is 2.92 bits per heavy atom. The van der Waals surface area contributed by atoms with Crippen LogP contribution >= 0.6 is 12.6 Å². The second-order valence-electron chi connectivity index (χ2n) is 2.02. The fraction of sp³-hybridized carbons (Fsp3) is 0. The number of amides is 1. The Bertz CT molecular complexity index is 305. The van der Waals surface area contributed by atoms with Crippen LogP contribution in [0.1, 0.15) is 0 Å². The van der Waals surface area contributed by atoms with Crippen molar-refractivity contribution < 1.29 is 9.90 Å². The molecule has 1 amide bonds. The highest BCUT2D eigenvalue weighted by atomic mass is 32.1. The summed E-state index contributed by atoms with van der Waals surface area (Å²) in [6, 6.07) is 1.47. The van der Waals surface area contributed by atoms with Gasteiger partial charge in [-0.25, -0.2) is 15.6 Å². The van der Waals surface area contributed by atoms with E-state index in [2.05, 4.69) is 17.6 Å². The normalized spacial score (nSPS) is 9.50. The van der Waals surface area contributed by atoms with Crippen LogP contribution in [-0.2, 0) is 0 Å². The SMILES string of the molecule is NN(C(=O)O)c1ccncc1S. The molecule has 64 valence electrons. The van der Waals surface area contributed by atoms with E-state index in [1.807, 2.05) is 0 Å². The largest absolute Gasteiger partial charge is 0.464 e. The average molecular weight is 185 g/mol. The molecule has 0 aromatic carbocycles. The second-order valence-corrected chi connectivity index (χ2v) is 2.50. The topological polar surface area (TPSA) is 79.5 Å². The molecule has 0 saturated carbocycles. The lowest BCUT2D eigenvalue weighted by Crippen LogP contribution is -2.36. The number of carbonyl (C=O) groups is 1. The van der Waals surface area contributed by atoms with Crippen molar-refractivity contribution in [3.63, 3.8) is 0 Å². The molecule has 0 bridgehead atoms. The monoisotopic (exact) mass is 185 g/mol. The van der Waals surface area contributed by atoms with Gasteiger partial charge in [-0.2, -0.15) is 0 Å². The van der Waals surface area contributed by atoms with Gasteiger partial charge in [0.1, 0.15) is 0 Å². The van der Waals surface area contributed by atoms with E-state index >= 15 is 0 Å². The van der Waals surface area contributed by atoms with Gasteiger partial charge in [-0.05, 0) is 6.07 Å². The summed E-state index contributed by atoms with van der Waals surface area (Å²) in [6.45, 7) is 0. The number of thiol groups is 1. The lowest BCUT2D eigenvalue weighted by atomic mass is 10.4. The number of rotatable bonds is 1. The van der Waals surface area contributed by atoms with Crippen LogP contribution in [-0.4, -0.2) is 16.2 Å². The molecular weight excluding hydrogens is 178 g/mol. The van der Waals surface area contributed by atoms with E-state index in [1.165, 1.54) is 18.5 Å². The van der Waals surface area contributed by atoms with E-state index < -0.39 is 6.09 Å². The third kappa shape index (κ3) is 1.66. The molecule has 1 aromatic rings. The number of nitrogens with two attached hydrogens (primary N) is 1. The van der Waals surface area contributed by atoms with Gasteiger partial charge in [0.15, 0.2) is 0 Å². The van der Waals surface area contributed by atoms with Gasteiger partial charge in [0.2, 0.25) is 0 Å². The lowest BCUT2D eigenvalue weighted by molar-refractivity contribution is 0.202. The van der Waals surface area contributed by atoms with Crippen molar-refractivity contribution >= 4 is 24.4 Å². The first-order valence-electron chi connectivity index (χ1n) is 3.03. The van der Waals surface area contributed by atoms with Gasteiger partial charge in [-0.1, -0.05) is 0 Å². The summed E-state index contributed by atoms with van der Waals surface area (Å²) in [5, 5.41) is 9.09. The molecule has 3 N–H and O–H groups in total. The molecule has 0 aliphatic heterocycles. The zero-order valence-electron chi connectivity index (χ0n) is 6.01. The Morgan fingerprint density at radius 1 is 1.75 bits per heavy atom. The molecule has 0 saturated heterocycles. The molecular formula is C6H7N3O2S. The molecule has 6 heteroatoms. The lowest BCUT2D eigenvalue weighted by Gasteiger charge is -2.13. The van der Waals surface area contributed by atoms with Gasteiger partial charge in [0.25, 0.3) is 0 Å². The summed E-state index contributed by atoms with van der Waals surface area (Å²) in [5.41, 5.74) is 0.306. The number of carboxylic acid groups (broad SMARTS) is 1. The summed E-state index contributed by atoms with van der Waals surface area (Å²) in [4.78, 5) is 14.6. The number of hydrazine groups is 1. The minimum absolute atomic E-state index is 0.306. The van der Waals surface area contributed by atoms with Crippen LogP contribution in [0.15, 0.2) is 23.4 Å². The van der Waals surface area contributed by atoms with E-state index in [0.717, 1.165) is 0 Å². The van der Waals surface area contributed by atoms with Crippen LogP contribution in [0, 0.1) is 0 Å². The summed E-state index contributed by atoms with van der Waals surface area (Å²) in [7, 11) is 0. The minimum Gasteiger partial charge on any atom is -0.464 e. The summed E-state index contributed by atoms with van der Waals surface area (Å²) >= 11 is 3.98. The highest BCUT2D eigenvalue weighted by molar-refractivity contribution is 7.80. The van der Waals surface area contributed by atoms with E-state index in [1.54, 1.807) is 0 Å². The van der Waals surface area contributed by atoms with Crippen molar-refractivity contribution in [1.29, 1.82) is 0 Å². The first-order chi connectivity index (χ1) is 5.63. The molecule has 0 atom stereocenters. The molecule has 0 aliphatic carbocycles. The number of pyridine rings is 1. The third-order valence-corrected chi connectivity index (χ3v) is 1.59. The quantitative estimate of drug-likeness (QED) is 0.261. The van der Waals surface area contributed by atoms with Gasteiger partial charge >= 0.3 is 6.09 Å². The third-order valence-electron chi connectivity index (χ3n) is 1.24. The minimum atomic E-state index is -1.24. The summed E-state index contributed by atoms with van der Waals surface area (Å²) in [5.74, 6) is 5.20. The maximum atomic E-state index is 10.4. The first-order valence-corrected chi connectivity index (χ1v) is 3.48. The van der Waals surface area contributed by atoms with Crippen molar-refractivity contribution in [3.05, 3.63) is 18.5 Å². The van der Waals surface area contributed by atoms with Crippen LogP contribution in [0.3, 0.4) is 0 Å². The van der Waals surface area contributed by atoms with E-state index in [4.69, 9.17) is 10.9 Å². The predicted molar refractivity (Wildman–Crippen MR) is 46.2 cm³/mol. The number of hydrogen-bond donors (Lipinski definition) is 3. The number of aromatic nitrogens is 1. The van der Waals surface area contributed by atoms with E-state index in [0.29, 0.717) is 15.6 Å². The first kappa shape index (κ1) is 8.82. The zero-order chi connectivity index (χ0) is 9.14. The highest BCUT2D eigenvalue weighted by Crippen LogP contribution is 2.19. The Hall–Kier alpha value is -1.27. The Balaban J connectivity index is 3.02. The van der Waals surface area contributed by atoms with Crippen molar-refractivity contribution in [1.82, 2.24) is 4.98 Å². The molecule has 0 spiro atoms. The van der Waals surface area contributed by atoms with Crippen LogP contribution in [0.5, 0.6) is 0 Å². The Labute approximate surface area is 74.2 Å². The standard InChI is InChI=1S/C6H7N3O2S/c7-9(6(10)11)4-1-2-8-3-5(4)12/h1-3,12H,7H2,(H,10,11). The maximum absolute atomic E-state index is 10.4. The number of hydrogen-bond acceptors (Lipinski definition) is 4. The van der Waals surface area contributed by atoms with Crippen LogP contribution in [0.25, 0.3) is 0 Å². The predicted octanol–water partition coefficient (Wildman–Crippen LogP) is 0.728. The van der Waals surface area contributed by atoms with Crippen molar-refractivity contribution in [2.75, 3.05) is 5.01 Å². The molecule has 12 heavy (non-hydrogen) atoms. The molecule has 1 aromatic heterocycles. The van der Waals surface area contributed by atoms with Gasteiger partial charge in [0.05, 0.1) is 5.69 Å². The molecule has 0 unspecified atom stereocenters. The van der Waals surface area contributed by atoms with Gasteiger partial charge in [0, 0.05) is 17.3 Å². The number of anilines is 1. The fourth-order valence-corrected chi connectivity index (χ4v) is 0.934. The fourth-order valence-electron chi connectivity index (χ4n) is 0.686. The second kappa shape index (κ2) is 3.42. The van der Waals surface area contributed by atoms with Crippen LogP contribution in [0.4, 0.5) is 10.5 Å². The molecule has 0 fully saturated rings. The van der Waals surface area contributed by atoms with Gasteiger partial charge < -0.3 is 5.11 Å². The van der Waals surface area contributed by atoms with Crippen molar-refractivity contribution in [3.8, 4) is 0 Å².